The first-order chi connectivity index (χ1) is 16.7. The van der Waals surface area contributed by atoms with Crippen LogP contribution in [0.2, 0.25) is 0 Å². The van der Waals surface area contributed by atoms with Crippen LogP contribution in [0.3, 0.4) is 0 Å². The first-order valence-electron chi connectivity index (χ1n) is 12.1. The zero-order valence-corrected chi connectivity index (χ0v) is 21.5. The molecule has 12 heteroatoms. The highest BCUT2D eigenvalue weighted by atomic mass is 32.2. The molecule has 2 atom stereocenters. The summed E-state index contributed by atoms with van der Waals surface area (Å²) in [6.45, 7) is 10.2. The number of carbonyl (C=O) groups excluding carboxylic acids is 1. The van der Waals surface area contributed by atoms with Crippen molar-refractivity contribution in [3.05, 3.63) is 29.8 Å². The Kier molecular flexibility index (Phi) is 8.41. The Bertz CT molecular complexity index is 1050. The molecule has 0 bridgehead atoms. The lowest BCUT2D eigenvalue weighted by Gasteiger charge is -2.42. The average Bonchev–Trinajstić information content (AvgIpc) is 3.32. The molecular formula is C24H34F3N3O5S. The number of rotatable bonds is 5. The van der Waals surface area contributed by atoms with Gasteiger partial charge >= 0.3 is 12.1 Å². The van der Waals surface area contributed by atoms with Crippen molar-refractivity contribution in [2.75, 3.05) is 32.7 Å². The standard InChI is InChI=1S/C22H33N3O3S.C2HF3O2/c1-16(2)8-11-24-14-19-20(15-24)22(23-21(19)26)9-12-25(13-10-22)29(27,28)18-6-4-17(3)5-7-18;3-2(4,5)1(6)7/h4-7,16,19-20H,8-15H2,1-3H3,(H,23,26);(H,6,7)/t19-,20+;/m1./s1. The highest BCUT2D eigenvalue weighted by molar-refractivity contribution is 7.89. The van der Waals surface area contributed by atoms with E-state index in [2.05, 4.69) is 24.1 Å². The third kappa shape index (κ3) is 6.20. The van der Waals surface area contributed by atoms with Gasteiger partial charge in [-0.1, -0.05) is 31.5 Å². The van der Waals surface area contributed by atoms with Crippen LogP contribution < -0.4 is 5.32 Å². The van der Waals surface area contributed by atoms with E-state index in [1.54, 1.807) is 16.4 Å². The van der Waals surface area contributed by atoms with E-state index in [0.717, 1.165) is 31.6 Å². The van der Waals surface area contributed by atoms with Gasteiger partial charge in [0.2, 0.25) is 15.9 Å². The highest BCUT2D eigenvalue weighted by Crippen LogP contribution is 2.44. The zero-order chi connectivity index (χ0) is 26.9. The van der Waals surface area contributed by atoms with Gasteiger partial charge in [0, 0.05) is 37.6 Å². The number of aliphatic carboxylic acids is 1. The summed E-state index contributed by atoms with van der Waals surface area (Å²) in [5, 5.41) is 10.4. The lowest BCUT2D eigenvalue weighted by Crippen LogP contribution is -2.56. The second kappa shape index (κ2) is 10.7. The molecule has 0 aliphatic carbocycles. The Hall–Kier alpha value is -2.18. The number of fused-ring (bicyclic) bond motifs is 2. The number of hydrogen-bond acceptors (Lipinski definition) is 5. The minimum atomic E-state index is -5.08. The number of piperidine rings is 1. The summed E-state index contributed by atoms with van der Waals surface area (Å²) in [4.78, 5) is 24.4. The number of halogens is 3. The van der Waals surface area contributed by atoms with E-state index in [0.29, 0.717) is 42.7 Å². The maximum atomic E-state index is 13.0. The first-order valence-corrected chi connectivity index (χ1v) is 13.5. The molecule has 202 valence electrons. The van der Waals surface area contributed by atoms with Crippen LogP contribution in [0.15, 0.2) is 29.2 Å². The summed E-state index contributed by atoms with van der Waals surface area (Å²) in [5.74, 6) is -1.58. The van der Waals surface area contributed by atoms with Crippen LogP contribution in [-0.4, -0.2) is 79.0 Å². The quantitative estimate of drug-likeness (QED) is 0.603. The number of sulfonamides is 1. The van der Waals surface area contributed by atoms with Crippen LogP contribution in [-0.2, 0) is 19.6 Å². The van der Waals surface area contributed by atoms with Gasteiger partial charge in [-0.2, -0.15) is 17.5 Å². The van der Waals surface area contributed by atoms with E-state index in [1.165, 1.54) is 0 Å². The molecule has 3 aliphatic rings. The molecule has 3 heterocycles. The van der Waals surface area contributed by atoms with Gasteiger partial charge in [0.05, 0.1) is 10.8 Å². The number of nitrogens with one attached hydrogen (secondary N) is 1. The number of alkyl halides is 3. The molecular weight excluding hydrogens is 499 g/mol. The van der Waals surface area contributed by atoms with Crippen LogP contribution >= 0.6 is 0 Å². The number of nitrogens with zero attached hydrogens (tertiary/aromatic N) is 2. The molecule has 2 N–H and O–H groups in total. The molecule has 0 aromatic heterocycles. The predicted octanol–water partition coefficient (Wildman–Crippen LogP) is 2.88. The first kappa shape index (κ1) is 28.4. The van der Waals surface area contributed by atoms with E-state index in [4.69, 9.17) is 9.90 Å². The summed E-state index contributed by atoms with van der Waals surface area (Å²) in [7, 11) is -3.48. The van der Waals surface area contributed by atoms with Crippen molar-refractivity contribution in [3.8, 4) is 0 Å². The molecule has 0 radical (unpaired) electrons. The van der Waals surface area contributed by atoms with Gasteiger partial charge in [-0.25, -0.2) is 13.2 Å². The Labute approximate surface area is 209 Å². The van der Waals surface area contributed by atoms with E-state index in [1.807, 2.05) is 19.1 Å². The summed E-state index contributed by atoms with van der Waals surface area (Å²) >= 11 is 0. The Balaban J connectivity index is 0.000000454. The van der Waals surface area contributed by atoms with Crippen molar-refractivity contribution in [3.63, 3.8) is 0 Å². The molecule has 1 spiro atoms. The van der Waals surface area contributed by atoms with Crippen molar-refractivity contribution >= 4 is 21.9 Å². The number of hydrogen-bond donors (Lipinski definition) is 2. The van der Waals surface area contributed by atoms with Crippen LogP contribution in [0.5, 0.6) is 0 Å². The van der Waals surface area contributed by atoms with Crippen LogP contribution in [0.25, 0.3) is 0 Å². The molecule has 36 heavy (non-hydrogen) atoms. The van der Waals surface area contributed by atoms with Crippen molar-refractivity contribution in [2.24, 2.45) is 17.8 Å². The van der Waals surface area contributed by atoms with Gasteiger partial charge in [-0.15, -0.1) is 0 Å². The molecule has 4 rings (SSSR count). The monoisotopic (exact) mass is 533 g/mol. The van der Waals surface area contributed by atoms with Crippen molar-refractivity contribution < 1.29 is 36.3 Å². The van der Waals surface area contributed by atoms with E-state index >= 15 is 0 Å². The number of carboxylic acids is 1. The van der Waals surface area contributed by atoms with Crippen molar-refractivity contribution in [2.45, 2.75) is 56.6 Å². The summed E-state index contributed by atoms with van der Waals surface area (Å²) in [6.07, 6.45) is -2.54. The number of benzene rings is 1. The minimum Gasteiger partial charge on any atom is -0.475 e. The fourth-order valence-electron chi connectivity index (χ4n) is 5.25. The van der Waals surface area contributed by atoms with Crippen LogP contribution in [0, 0.1) is 24.7 Å². The zero-order valence-electron chi connectivity index (χ0n) is 20.7. The fourth-order valence-corrected chi connectivity index (χ4v) is 6.69. The largest absolute Gasteiger partial charge is 0.490 e. The van der Waals surface area contributed by atoms with E-state index < -0.39 is 22.2 Å². The molecule has 3 aliphatic heterocycles. The molecule has 1 aromatic rings. The number of amides is 1. The minimum absolute atomic E-state index is 0.0578. The van der Waals surface area contributed by atoms with Gasteiger partial charge in [0.25, 0.3) is 0 Å². The molecule has 0 saturated carbocycles. The fraction of sp³-hybridized carbons (Fsp3) is 0.667. The highest BCUT2D eigenvalue weighted by Gasteiger charge is 2.57. The lowest BCUT2D eigenvalue weighted by molar-refractivity contribution is -0.192. The number of likely N-dealkylation sites (tertiary alicyclic amines) is 1. The van der Waals surface area contributed by atoms with Gasteiger partial charge in [0.1, 0.15) is 0 Å². The van der Waals surface area contributed by atoms with Crippen LogP contribution in [0.1, 0.15) is 38.7 Å². The van der Waals surface area contributed by atoms with E-state index in [9.17, 15) is 26.4 Å². The average molecular weight is 534 g/mol. The summed E-state index contributed by atoms with van der Waals surface area (Å²) in [5.41, 5.74) is 0.803. The molecule has 1 aromatic carbocycles. The van der Waals surface area contributed by atoms with Gasteiger partial charge in [0.15, 0.2) is 0 Å². The molecule has 8 nitrogen and oxygen atoms in total. The van der Waals surface area contributed by atoms with Gasteiger partial charge in [-0.3, -0.25) is 4.79 Å². The summed E-state index contributed by atoms with van der Waals surface area (Å²) < 4.78 is 59.4. The molecule has 3 saturated heterocycles. The number of carboxylic acid groups (broad SMARTS) is 1. The second-order valence-electron chi connectivity index (χ2n) is 10.3. The van der Waals surface area contributed by atoms with E-state index in [-0.39, 0.29) is 17.4 Å². The summed E-state index contributed by atoms with van der Waals surface area (Å²) in [6, 6.07) is 7.05. The van der Waals surface area contributed by atoms with Crippen molar-refractivity contribution in [1.29, 1.82) is 0 Å². The third-order valence-electron chi connectivity index (χ3n) is 7.35. The molecule has 1 amide bonds. The topological polar surface area (TPSA) is 107 Å². The lowest BCUT2D eigenvalue weighted by atomic mass is 9.76. The van der Waals surface area contributed by atoms with Crippen molar-refractivity contribution in [1.82, 2.24) is 14.5 Å². The normalized spacial score (nSPS) is 24.4. The smallest absolute Gasteiger partial charge is 0.475 e. The third-order valence-corrected chi connectivity index (χ3v) is 9.27. The number of carbonyl (C=O) groups is 2. The Morgan fingerprint density at radius 2 is 1.72 bits per heavy atom. The predicted molar refractivity (Wildman–Crippen MR) is 127 cm³/mol. The molecule has 0 unspecified atom stereocenters. The SMILES string of the molecule is Cc1ccc(S(=O)(=O)N2CCC3(CC2)NC(=O)[C@@H]2CN(CCC(C)C)C[C@@H]23)cc1.O=C(O)C(F)(F)F. The van der Waals surface area contributed by atoms with Gasteiger partial charge < -0.3 is 15.3 Å². The maximum absolute atomic E-state index is 13.0. The number of aryl methyl sites for hydroxylation is 1. The molecule has 3 fully saturated rings. The second-order valence-corrected chi connectivity index (χ2v) is 12.3. The Morgan fingerprint density at radius 3 is 2.22 bits per heavy atom. The Morgan fingerprint density at radius 1 is 1.17 bits per heavy atom. The maximum Gasteiger partial charge on any atom is 0.490 e. The van der Waals surface area contributed by atoms with Crippen LogP contribution in [0.4, 0.5) is 13.2 Å². The van der Waals surface area contributed by atoms with Gasteiger partial charge in [-0.05, 0) is 50.8 Å².